The molecule has 6 nitrogen and oxygen atoms in total. The molecule has 0 saturated carbocycles. The van der Waals surface area contributed by atoms with Gasteiger partial charge in [-0.1, -0.05) is 36.7 Å². The molecule has 0 fully saturated rings. The van der Waals surface area contributed by atoms with E-state index in [9.17, 15) is 17.6 Å². The van der Waals surface area contributed by atoms with Crippen molar-refractivity contribution in [2.45, 2.75) is 31.3 Å². The molecular weight excluding hydrogens is 455 g/mol. The fourth-order valence-corrected chi connectivity index (χ4v) is 4.16. The lowest BCUT2D eigenvalue weighted by Gasteiger charge is -2.18. The van der Waals surface area contributed by atoms with Crippen LogP contribution in [-0.2, 0) is 14.8 Å². The van der Waals surface area contributed by atoms with Crippen LogP contribution in [0.15, 0.2) is 71.6 Å². The van der Waals surface area contributed by atoms with Gasteiger partial charge in [-0.05, 0) is 67.4 Å². The second kappa shape index (κ2) is 10.0. The first kappa shape index (κ1) is 23.6. The maximum absolute atomic E-state index is 13.8. The fourth-order valence-electron chi connectivity index (χ4n) is 2.86. The zero-order valence-electron chi connectivity index (χ0n) is 17.4. The summed E-state index contributed by atoms with van der Waals surface area (Å²) in [6.45, 7) is 3.50. The van der Waals surface area contributed by atoms with Gasteiger partial charge in [0.1, 0.15) is 0 Å². The van der Waals surface area contributed by atoms with Crippen molar-refractivity contribution in [1.29, 1.82) is 0 Å². The third-order valence-electron chi connectivity index (χ3n) is 4.65. The number of rotatable bonds is 8. The van der Waals surface area contributed by atoms with Crippen LogP contribution in [-0.4, -0.2) is 20.4 Å². The van der Waals surface area contributed by atoms with Gasteiger partial charge in [-0.3, -0.25) is 9.52 Å². The Bertz CT molecular complexity index is 1220. The molecule has 32 heavy (non-hydrogen) atoms. The number of sulfonamides is 1. The van der Waals surface area contributed by atoms with Crippen molar-refractivity contribution in [3.8, 4) is 5.75 Å². The van der Waals surface area contributed by atoms with E-state index in [2.05, 4.69) is 10.0 Å². The summed E-state index contributed by atoms with van der Waals surface area (Å²) < 4.78 is 47.2. The second-order valence-electron chi connectivity index (χ2n) is 7.02. The first-order valence-corrected chi connectivity index (χ1v) is 11.7. The normalized spacial score (nSPS) is 12.1. The summed E-state index contributed by atoms with van der Waals surface area (Å²) in [6.07, 6.45) is -0.599. The molecule has 0 aliphatic heterocycles. The van der Waals surface area contributed by atoms with Crippen molar-refractivity contribution in [2.75, 3.05) is 10.0 Å². The van der Waals surface area contributed by atoms with Crippen LogP contribution in [0.25, 0.3) is 0 Å². The average molecular weight is 477 g/mol. The Morgan fingerprint density at radius 1 is 1.09 bits per heavy atom. The number of ether oxygens (including phenoxy) is 1. The zero-order valence-corrected chi connectivity index (χ0v) is 19.0. The van der Waals surface area contributed by atoms with E-state index in [-0.39, 0.29) is 10.6 Å². The SMILES string of the molecule is CC[C@H](Oc1ccccc1F)C(=O)Nc1ccc(S(=O)(=O)Nc2cc(Cl)ccc2C)cc1. The lowest BCUT2D eigenvalue weighted by atomic mass is 10.2. The topological polar surface area (TPSA) is 84.5 Å². The van der Waals surface area contributed by atoms with Crippen LogP contribution in [0.4, 0.5) is 15.8 Å². The Morgan fingerprint density at radius 3 is 2.44 bits per heavy atom. The van der Waals surface area contributed by atoms with Crippen molar-refractivity contribution in [1.82, 2.24) is 0 Å². The van der Waals surface area contributed by atoms with Crippen molar-refractivity contribution >= 4 is 38.9 Å². The van der Waals surface area contributed by atoms with Gasteiger partial charge in [-0.2, -0.15) is 0 Å². The predicted octanol–water partition coefficient (Wildman–Crippen LogP) is 5.38. The maximum Gasteiger partial charge on any atom is 0.265 e. The van der Waals surface area contributed by atoms with Crippen LogP contribution in [0.3, 0.4) is 0 Å². The molecule has 0 saturated heterocycles. The molecule has 0 bridgehead atoms. The smallest absolute Gasteiger partial charge is 0.265 e. The van der Waals surface area contributed by atoms with E-state index in [0.717, 1.165) is 5.56 Å². The number of carbonyl (C=O) groups is 1. The lowest BCUT2D eigenvalue weighted by molar-refractivity contribution is -0.122. The summed E-state index contributed by atoms with van der Waals surface area (Å²) in [6, 6.07) is 16.4. The largest absolute Gasteiger partial charge is 0.478 e. The molecule has 3 rings (SSSR count). The fraction of sp³-hybridized carbons (Fsp3) is 0.174. The molecule has 3 aromatic carbocycles. The Hall–Kier alpha value is -3.10. The van der Waals surface area contributed by atoms with Gasteiger partial charge in [-0.25, -0.2) is 12.8 Å². The Morgan fingerprint density at radius 2 is 1.78 bits per heavy atom. The molecule has 168 valence electrons. The molecule has 1 atom stereocenters. The van der Waals surface area contributed by atoms with Gasteiger partial charge in [0.05, 0.1) is 10.6 Å². The van der Waals surface area contributed by atoms with Crippen LogP contribution in [0.1, 0.15) is 18.9 Å². The highest BCUT2D eigenvalue weighted by Gasteiger charge is 2.21. The third kappa shape index (κ3) is 5.77. The second-order valence-corrected chi connectivity index (χ2v) is 9.14. The van der Waals surface area contributed by atoms with Crippen LogP contribution in [0.5, 0.6) is 5.75 Å². The van der Waals surface area contributed by atoms with Gasteiger partial charge < -0.3 is 10.1 Å². The van der Waals surface area contributed by atoms with E-state index in [4.69, 9.17) is 16.3 Å². The number of aryl methyl sites for hydroxylation is 1. The maximum atomic E-state index is 13.8. The first-order chi connectivity index (χ1) is 15.2. The van der Waals surface area contributed by atoms with Gasteiger partial charge in [0.25, 0.3) is 15.9 Å². The zero-order chi connectivity index (χ0) is 23.3. The van der Waals surface area contributed by atoms with Crippen LogP contribution in [0, 0.1) is 12.7 Å². The van der Waals surface area contributed by atoms with Crippen molar-refractivity contribution in [3.63, 3.8) is 0 Å². The molecule has 2 N–H and O–H groups in total. The Kier molecular flexibility index (Phi) is 7.37. The number of benzene rings is 3. The molecule has 0 aromatic heterocycles. The molecule has 0 radical (unpaired) electrons. The summed E-state index contributed by atoms with van der Waals surface area (Å²) >= 11 is 5.95. The van der Waals surface area contributed by atoms with E-state index in [1.807, 2.05) is 0 Å². The summed E-state index contributed by atoms with van der Waals surface area (Å²) in [7, 11) is -3.85. The van der Waals surface area contributed by atoms with Crippen LogP contribution < -0.4 is 14.8 Å². The molecular formula is C23H22ClFN2O4S. The first-order valence-electron chi connectivity index (χ1n) is 9.80. The third-order valence-corrected chi connectivity index (χ3v) is 6.26. The monoisotopic (exact) mass is 476 g/mol. The van der Waals surface area contributed by atoms with Gasteiger partial charge in [0.2, 0.25) is 0 Å². The molecule has 0 unspecified atom stereocenters. The number of anilines is 2. The Labute approximate surface area is 191 Å². The van der Waals surface area contributed by atoms with E-state index in [1.165, 1.54) is 48.5 Å². The van der Waals surface area contributed by atoms with Gasteiger partial charge in [0, 0.05) is 10.7 Å². The molecule has 0 aliphatic carbocycles. The molecule has 0 spiro atoms. The molecule has 0 heterocycles. The minimum Gasteiger partial charge on any atom is -0.478 e. The predicted molar refractivity (Wildman–Crippen MR) is 123 cm³/mol. The number of carbonyl (C=O) groups excluding carboxylic acids is 1. The van der Waals surface area contributed by atoms with Gasteiger partial charge in [0.15, 0.2) is 17.7 Å². The number of para-hydroxylation sites is 1. The average Bonchev–Trinajstić information content (AvgIpc) is 2.76. The molecule has 9 heteroatoms. The van der Waals surface area contributed by atoms with E-state index >= 15 is 0 Å². The van der Waals surface area contributed by atoms with E-state index in [1.54, 1.807) is 32.0 Å². The van der Waals surface area contributed by atoms with E-state index < -0.39 is 27.9 Å². The number of amides is 1. The van der Waals surface area contributed by atoms with Crippen LogP contribution >= 0.6 is 11.6 Å². The molecule has 1 amide bonds. The van der Waals surface area contributed by atoms with Gasteiger partial charge >= 0.3 is 0 Å². The summed E-state index contributed by atoms with van der Waals surface area (Å²) in [5.74, 6) is -1.05. The highest BCUT2D eigenvalue weighted by Crippen LogP contribution is 2.24. The number of nitrogens with one attached hydrogen (secondary N) is 2. The highest BCUT2D eigenvalue weighted by molar-refractivity contribution is 7.92. The number of hydrogen-bond acceptors (Lipinski definition) is 4. The van der Waals surface area contributed by atoms with Crippen LogP contribution in [0.2, 0.25) is 5.02 Å². The lowest BCUT2D eigenvalue weighted by Crippen LogP contribution is -2.32. The van der Waals surface area contributed by atoms with Crippen molar-refractivity contribution in [3.05, 3.63) is 83.1 Å². The summed E-state index contributed by atoms with van der Waals surface area (Å²) in [4.78, 5) is 12.6. The van der Waals surface area contributed by atoms with Crippen molar-refractivity contribution in [2.24, 2.45) is 0 Å². The quantitative estimate of drug-likeness (QED) is 0.457. The minimum absolute atomic E-state index is 0.0154. The highest BCUT2D eigenvalue weighted by atomic mass is 35.5. The molecule has 0 aliphatic rings. The standard InChI is InChI=1S/C23H22ClFN2O4S/c1-3-21(31-22-7-5-4-6-19(22)25)23(28)26-17-10-12-18(13-11-17)32(29,30)27-20-14-16(24)9-8-15(20)2/h4-14,21,27H,3H2,1-2H3,(H,26,28)/t21-/m0/s1. The number of halogens is 2. The van der Waals surface area contributed by atoms with Crippen molar-refractivity contribution < 1.29 is 22.3 Å². The summed E-state index contributed by atoms with van der Waals surface area (Å²) in [5.41, 5.74) is 1.48. The van der Waals surface area contributed by atoms with E-state index in [0.29, 0.717) is 22.8 Å². The number of hydrogen-bond donors (Lipinski definition) is 2. The summed E-state index contributed by atoms with van der Waals surface area (Å²) in [5, 5.41) is 3.07. The minimum atomic E-state index is -3.85. The molecule has 3 aromatic rings. The van der Waals surface area contributed by atoms with Gasteiger partial charge in [-0.15, -0.1) is 0 Å². The Balaban J connectivity index is 1.70.